The molecular weight excluding hydrogens is 705 g/mol. The molecule has 1 spiro atoms. The van der Waals surface area contributed by atoms with Crippen molar-refractivity contribution in [3.8, 4) is 56.3 Å². The van der Waals surface area contributed by atoms with E-state index < -0.39 is 5.41 Å². The molecule has 1 aliphatic carbocycles. The number of benzene rings is 8. The van der Waals surface area contributed by atoms with Crippen LogP contribution in [0.5, 0.6) is 0 Å². The first-order valence-electron chi connectivity index (χ1n) is 18.8. The predicted octanol–water partition coefficient (Wildman–Crippen LogP) is 13.5. The van der Waals surface area contributed by atoms with E-state index in [1.165, 1.54) is 48.7 Å². The third-order valence-corrected chi connectivity index (χ3v) is 12.6. The topological polar surface area (TPSA) is 52.1 Å². The molecule has 1 aliphatic heterocycles. The Labute approximate surface area is 327 Å². The second kappa shape index (κ2) is 12.0. The Bertz CT molecular complexity index is 2990. The van der Waals surface area contributed by atoms with Crippen LogP contribution in [-0.2, 0) is 5.41 Å². The highest BCUT2D eigenvalue weighted by atomic mass is 32.2. The Kier molecular flexibility index (Phi) is 6.74. The molecule has 4 nitrogen and oxygen atoms in total. The van der Waals surface area contributed by atoms with E-state index in [0.29, 0.717) is 11.8 Å². The third-order valence-electron chi connectivity index (χ3n) is 11.4. The van der Waals surface area contributed by atoms with Crippen LogP contribution in [0.2, 0.25) is 0 Å². The SMILES string of the molecule is c1ccc2c(c1)Sc1ccccc1C21c2ccccc2-c2ccc(-c3ccc(-c4cc(-c5nc6ccccc6o5)cc(-c5nc6ccccc6o5)c4)cc3)cc21. The van der Waals surface area contributed by atoms with Gasteiger partial charge in [0, 0.05) is 20.9 Å². The van der Waals surface area contributed by atoms with Gasteiger partial charge in [-0.2, -0.15) is 0 Å². The van der Waals surface area contributed by atoms with Gasteiger partial charge in [-0.15, -0.1) is 0 Å². The number of aromatic nitrogens is 2. The minimum atomic E-state index is -0.410. The van der Waals surface area contributed by atoms with Crippen molar-refractivity contribution in [1.29, 1.82) is 0 Å². The lowest BCUT2D eigenvalue weighted by Gasteiger charge is -2.39. The van der Waals surface area contributed by atoms with Crippen molar-refractivity contribution in [2.45, 2.75) is 15.2 Å². The van der Waals surface area contributed by atoms with Crippen molar-refractivity contribution in [3.63, 3.8) is 0 Å². The highest BCUT2D eigenvalue weighted by Crippen LogP contribution is 2.62. The lowest BCUT2D eigenvalue weighted by molar-refractivity contribution is 0.617. The van der Waals surface area contributed by atoms with E-state index in [0.717, 1.165) is 50.0 Å². The second-order valence-electron chi connectivity index (χ2n) is 14.5. The highest BCUT2D eigenvalue weighted by Gasteiger charge is 2.50. The fourth-order valence-corrected chi connectivity index (χ4v) is 10.1. The summed E-state index contributed by atoms with van der Waals surface area (Å²) in [6.07, 6.45) is 0. The zero-order chi connectivity index (χ0) is 36.8. The number of para-hydroxylation sites is 4. The van der Waals surface area contributed by atoms with Crippen molar-refractivity contribution in [1.82, 2.24) is 9.97 Å². The van der Waals surface area contributed by atoms with Crippen LogP contribution in [0.4, 0.5) is 0 Å². The lowest BCUT2D eigenvalue weighted by atomic mass is 9.67. The summed E-state index contributed by atoms with van der Waals surface area (Å²) in [5.74, 6) is 1.11. The third kappa shape index (κ3) is 4.61. The average molecular weight is 735 g/mol. The van der Waals surface area contributed by atoms with Gasteiger partial charge in [0.2, 0.25) is 11.8 Å². The molecule has 3 heterocycles. The minimum absolute atomic E-state index is 0.410. The van der Waals surface area contributed by atoms with Gasteiger partial charge in [-0.1, -0.05) is 133 Å². The Balaban J connectivity index is 0.991. The first-order valence-corrected chi connectivity index (χ1v) is 19.6. The summed E-state index contributed by atoms with van der Waals surface area (Å²) < 4.78 is 12.5. The van der Waals surface area contributed by atoms with Gasteiger partial charge in [0.05, 0.1) is 5.41 Å². The first kappa shape index (κ1) is 31.4. The maximum atomic E-state index is 6.26. The van der Waals surface area contributed by atoms with Crippen LogP contribution in [0.3, 0.4) is 0 Å². The van der Waals surface area contributed by atoms with Gasteiger partial charge in [0.15, 0.2) is 11.2 Å². The Morgan fingerprint density at radius 2 is 0.821 bits per heavy atom. The number of fused-ring (bicyclic) bond motifs is 11. The van der Waals surface area contributed by atoms with Crippen LogP contribution in [-0.4, -0.2) is 9.97 Å². The summed E-state index contributed by atoms with van der Waals surface area (Å²) >= 11 is 1.87. The van der Waals surface area contributed by atoms with Crippen LogP contribution >= 0.6 is 11.8 Å². The summed E-state index contributed by atoms with van der Waals surface area (Å²) in [6, 6.07) is 64.8. The smallest absolute Gasteiger partial charge is 0.227 e. The first-order chi connectivity index (χ1) is 27.7. The maximum Gasteiger partial charge on any atom is 0.227 e. The van der Waals surface area contributed by atoms with Crippen LogP contribution in [0, 0.1) is 0 Å². The van der Waals surface area contributed by atoms with Crippen molar-refractivity contribution in [3.05, 3.63) is 204 Å². The zero-order valence-electron chi connectivity index (χ0n) is 29.9. The fourth-order valence-electron chi connectivity index (χ4n) is 8.92. The van der Waals surface area contributed by atoms with Gasteiger partial charge in [-0.05, 0) is 116 Å². The number of nitrogens with zero attached hydrogens (tertiary/aromatic N) is 2. The summed E-state index contributed by atoms with van der Waals surface area (Å²) in [4.78, 5) is 12.3. The lowest BCUT2D eigenvalue weighted by Crippen LogP contribution is -2.31. The van der Waals surface area contributed by atoms with Gasteiger partial charge in [-0.25, -0.2) is 9.97 Å². The fraction of sp³-hybridized carbons (Fsp3) is 0.0196. The van der Waals surface area contributed by atoms with Crippen LogP contribution in [0.15, 0.2) is 201 Å². The van der Waals surface area contributed by atoms with E-state index in [9.17, 15) is 0 Å². The maximum absolute atomic E-state index is 6.26. The molecule has 262 valence electrons. The monoisotopic (exact) mass is 734 g/mol. The van der Waals surface area contributed by atoms with E-state index in [1.54, 1.807) is 0 Å². The Hall–Kier alpha value is -6.95. The number of hydrogen-bond acceptors (Lipinski definition) is 5. The molecular formula is C51H30N2O2S. The Morgan fingerprint density at radius 3 is 1.43 bits per heavy atom. The highest BCUT2D eigenvalue weighted by molar-refractivity contribution is 7.99. The van der Waals surface area contributed by atoms with E-state index in [1.807, 2.05) is 66.4 Å². The quantitative estimate of drug-likeness (QED) is 0.180. The van der Waals surface area contributed by atoms with Gasteiger partial charge < -0.3 is 8.83 Å². The summed E-state index contributed by atoms with van der Waals surface area (Å²) in [5.41, 5.74) is 16.8. The standard InChI is InChI=1S/C51H30N2O2S/c1-2-12-39-37(11-1)38-26-25-33(30-42(38)51(39)40-13-3-9-19-47(40)56-48-20-10-4-14-41(48)51)31-21-23-32(24-22-31)34-27-35(49-52-43-15-5-7-17-45(43)54-49)29-36(28-34)50-53-44-16-6-8-18-46(44)55-50/h1-30H. The van der Waals surface area contributed by atoms with Gasteiger partial charge >= 0.3 is 0 Å². The molecule has 0 saturated carbocycles. The van der Waals surface area contributed by atoms with E-state index in [-0.39, 0.29) is 0 Å². The van der Waals surface area contributed by atoms with Gasteiger partial charge in [0.1, 0.15) is 11.0 Å². The molecule has 0 radical (unpaired) electrons. The average Bonchev–Trinajstić information content (AvgIpc) is 3.98. The largest absolute Gasteiger partial charge is 0.436 e. The molecule has 10 aromatic rings. The molecule has 2 aliphatic rings. The molecule has 8 aromatic carbocycles. The molecule has 12 rings (SSSR count). The Morgan fingerprint density at radius 1 is 0.357 bits per heavy atom. The number of hydrogen-bond donors (Lipinski definition) is 0. The molecule has 0 unspecified atom stereocenters. The molecule has 0 amide bonds. The van der Waals surface area contributed by atoms with Crippen LogP contribution < -0.4 is 0 Å². The van der Waals surface area contributed by atoms with Gasteiger partial charge in [-0.3, -0.25) is 0 Å². The van der Waals surface area contributed by atoms with Crippen LogP contribution in [0.25, 0.3) is 78.5 Å². The van der Waals surface area contributed by atoms with Crippen LogP contribution in [0.1, 0.15) is 22.3 Å². The molecule has 0 saturated heterocycles. The predicted molar refractivity (Wildman–Crippen MR) is 225 cm³/mol. The van der Waals surface area contributed by atoms with Gasteiger partial charge in [0.25, 0.3) is 0 Å². The minimum Gasteiger partial charge on any atom is -0.436 e. The second-order valence-corrected chi connectivity index (χ2v) is 15.6. The summed E-state index contributed by atoms with van der Waals surface area (Å²) in [7, 11) is 0. The van der Waals surface area contributed by atoms with E-state index in [2.05, 4.69) is 127 Å². The summed E-state index contributed by atoms with van der Waals surface area (Å²) in [5, 5.41) is 0. The molecule has 2 aromatic heterocycles. The number of oxazole rings is 2. The van der Waals surface area contributed by atoms with Crippen molar-refractivity contribution in [2.75, 3.05) is 0 Å². The summed E-state index contributed by atoms with van der Waals surface area (Å²) in [6.45, 7) is 0. The molecule has 0 bridgehead atoms. The molecule has 5 heteroatoms. The molecule has 0 fully saturated rings. The zero-order valence-corrected chi connectivity index (χ0v) is 30.8. The number of rotatable bonds is 4. The van der Waals surface area contributed by atoms with Crippen molar-refractivity contribution < 1.29 is 8.83 Å². The molecule has 56 heavy (non-hydrogen) atoms. The van der Waals surface area contributed by atoms with Crippen molar-refractivity contribution in [2.24, 2.45) is 0 Å². The molecule has 0 atom stereocenters. The molecule has 0 N–H and O–H groups in total. The van der Waals surface area contributed by atoms with Crippen molar-refractivity contribution >= 4 is 34.0 Å². The normalized spacial score (nSPS) is 13.4. The van der Waals surface area contributed by atoms with E-state index >= 15 is 0 Å². The van der Waals surface area contributed by atoms with E-state index in [4.69, 9.17) is 18.8 Å².